The molecule has 0 bridgehead atoms. The van der Waals surface area contributed by atoms with E-state index in [1.165, 1.54) is 0 Å². The average Bonchev–Trinajstić information content (AvgIpc) is 2.65. The largest absolute Gasteiger partial charge is 0.398 e. The zero-order valence-corrected chi connectivity index (χ0v) is 12.7. The molecule has 1 amide bonds. The summed E-state index contributed by atoms with van der Waals surface area (Å²) in [4.78, 5) is 12.1. The third kappa shape index (κ3) is 3.03. The Morgan fingerprint density at radius 1 is 1.21 bits per heavy atom. The number of aryl methyl sites for hydroxylation is 2. The summed E-state index contributed by atoms with van der Waals surface area (Å²) in [6, 6.07) is 5.22. The van der Waals surface area contributed by atoms with E-state index in [0.29, 0.717) is 25.6 Å². The second-order valence-corrected chi connectivity index (χ2v) is 6.50. The van der Waals surface area contributed by atoms with Gasteiger partial charge in [-0.05, 0) is 37.1 Å². The van der Waals surface area contributed by atoms with E-state index in [9.17, 15) is 4.79 Å². The summed E-state index contributed by atoms with van der Waals surface area (Å²) in [5.74, 6) is -0.292. The van der Waals surface area contributed by atoms with Crippen molar-refractivity contribution in [1.82, 2.24) is 0 Å². The number of benzene rings is 1. The van der Waals surface area contributed by atoms with Crippen molar-refractivity contribution in [2.24, 2.45) is 0 Å². The molecule has 0 spiro atoms. The first-order valence-corrected chi connectivity index (χ1v) is 7.08. The van der Waals surface area contributed by atoms with Crippen LogP contribution in [0.3, 0.4) is 0 Å². The quantitative estimate of drug-likeness (QED) is 0.801. The fraction of sp³-hybridized carbons (Fsp3) is 0.154. The number of nitrogen functional groups attached to an aromatic ring is 1. The highest BCUT2D eigenvalue weighted by molar-refractivity contribution is 7.20. The molecule has 3 nitrogen and oxygen atoms in total. The fourth-order valence-corrected chi connectivity index (χ4v) is 3.15. The SMILES string of the molecule is Cc1cc(C)c(NC(=O)c2cc(Cl)sc2Cl)cc1N. The summed E-state index contributed by atoms with van der Waals surface area (Å²) in [5.41, 5.74) is 9.44. The van der Waals surface area contributed by atoms with Crippen molar-refractivity contribution < 1.29 is 4.79 Å². The zero-order chi connectivity index (χ0) is 14.2. The normalized spacial score (nSPS) is 10.5. The lowest BCUT2D eigenvalue weighted by atomic mass is 10.1. The molecular weight excluding hydrogens is 303 g/mol. The first-order chi connectivity index (χ1) is 8.88. The summed E-state index contributed by atoms with van der Waals surface area (Å²) in [5, 5.41) is 2.79. The lowest BCUT2D eigenvalue weighted by Gasteiger charge is -2.10. The van der Waals surface area contributed by atoms with Gasteiger partial charge in [0.2, 0.25) is 0 Å². The highest BCUT2D eigenvalue weighted by Gasteiger charge is 2.15. The summed E-state index contributed by atoms with van der Waals surface area (Å²) < 4.78 is 0.857. The Hall–Kier alpha value is -1.23. The van der Waals surface area contributed by atoms with Gasteiger partial charge in [-0.1, -0.05) is 29.3 Å². The minimum atomic E-state index is -0.292. The standard InChI is InChI=1S/C13H12Cl2N2OS/c1-6-3-7(2)10(5-9(6)16)17-13(18)8-4-11(14)19-12(8)15/h3-5H,16H2,1-2H3,(H,17,18). The van der Waals surface area contributed by atoms with Gasteiger partial charge in [-0.3, -0.25) is 4.79 Å². The second kappa shape index (κ2) is 5.41. The lowest BCUT2D eigenvalue weighted by molar-refractivity contribution is 0.102. The van der Waals surface area contributed by atoms with E-state index < -0.39 is 0 Å². The number of carbonyl (C=O) groups excluding carboxylic acids is 1. The number of hydrogen-bond donors (Lipinski definition) is 2. The molecule has 100 valence electrons. The van der Waals surface area contributed by atoms with Gasteiger partial charge in [-0.2, -0.15) is 0 Å². The Bertz CT molecular complexity index is 652. The Balaban J connectivity index is 2.29. The molecule has 0 atom stereocenters. The van der Waals surface area contributed by atoms with Gasteiger partial charge in [0.25, 0.3) is 5.91 Å². The molecular formula is C13H12Cl2N2OS. The Morgan fingerprint density at radius 3 is 2.47 bits per heavy atom. The molecule has 0 aliphatic heterocycles. The van der Waals surface area contributed by atoms with Crippen LogP contribution in [0.5, 0.6) is 0 Å². The summed E-state index contributed by atoms with van der Waals surface area (Å²) in [6.45, 7) is 3.83. The number of rotatable bonds is 2. The van der Waals surface area contributed by atoms with Crippen LogP contribution in [0, 0.1) is 13.8 Å². The number of amides is 1. The van der Waals surface area contributed by atoms with Gasteiger partial charge in [0, 0.05) is 11.4 Å². The van der Waals surface area contributed by atoms with Gasteiger partial charge < -0.3 is 11.1 Å². The molecule has 0 saturated heterocycles. The smallest absolute Gasteiger partial charge is 0.258 e. The maximum absolute atomic E-state index is 12.1. The van der Waals surface area contributed by atoms with E-state index >= 15 is 0 Å². The maximum atomic E-state index is 12.1. The Morgan fingerprint density at radius 2 is 1.89 bits per heavy atom. The molecule has 1 aromatic carbocycles. The van der Waals surface area contributed by atoms with Gasteiger partial charge in [-0.15, -0.1) is 11.3 Å². The van der Waals surface area contributed by atoms with Crippen LogP contribution < -0.4 is 11.1 Å². The number of nitrogens with two attached hydrogens (primary N) is 1. The Kier molecular flexibility index (Phi) is 4.04. The average molecular weight is 315 g/mol. The minimum Gasteiger partial charge on any atom is -0.398 e. The predicted molar refractivity (Wildman–Crippen MR) is 82.6 cm³/mol. The highest BCUT2D eigenvalue weighted by atomic mass is 35.5. The molecule has 2 rings (SSSR count). The van der Waals surface area contributed by atoms with Crippen molar-refractivity contribution in [3.05, 3.63) is 43.6 Å². The molecule has 1 heterocycles. The van der Waals surface area contributed by atoms with Crippen molar-refractivity contribution in [1.29, 1.82) is 0 Å². The Labute approximate surface area is 125 Å². The summed E-state index contributed by atoms with van der Waals surface area (Å²) >= 11 is 12.9. The van der Waals surface area contributed by atoms with Gasteiger partial charge in [0.1, 0.15) is 4.34 Å². The van der Waals surface area contributed by atoms with Gasteiger partial charge in [0.15, 0.2) is 0 Å². The molecule has 2 aromatic rings. The third-order valence-corrected chi connectivity index (χ3v) is 4.25. The van der Waals surface area contributed by atoms with Gasteiger partial charge in [-0.25, -0.2) is 0 Å². The molecule has 1 aromatic heterocycles. The first-order valence-electron chi connectivity index (χ1n) is 5.51. The van der Waals surface area contributed by atoms with Crippen molar-refractivity contribution in [2.45, 2.75) is 13.8 Å². The molecule has 6 heteroatoms. The predicted octanol–water partition coefficient (Wildman–Crippen LogP) is 4.51. The molecule has 0 unspecified atom stereocenters. The van der Waals surface area contributed by atoms with Crippen LogP contribution in [0.2, 0.25) is 8.67 Å². The minimum absolute atomic E-state index is 0.292. The zero-order valence-electron chi connectivity index (χ0n) is 10.4. The van der Waals surface area contributed by atoms with Crippen molar-refractivity contribution in [2.75, 3.05) is 11.1 Å². The fourth-order valence-electron chi connectivity index (χ4n) is 1.69. The summed E-state index contributed by atoms with van der Waals surface area (Å²) in [6.07, 6.45) is 0. The van der Waals surface area contributed by atoms with E-state index in [2.05, 4.69) is 5.32 Å². The number of anilines is 2. The van der Waals surface area contributed by atoms with Gasteiger partial charge in [0.05, 0.1) is 9.90 Å². The molecule has 0 aliphatic carbocycles. The van der Waals surface area contributed by atoms with E-state index in [1.54, 1.807) is 12.1 Å². The molecule has 3 N–H and O–H groups in total. The van der Waals surface area contributed by atoms with Crippen molar-refractivity contribution in [3.63, 3.8) is 0 Å². The number of halogens is 2. The van der Waals surface area contributed by atoms with E-state index in [1.807, 2.05) is 19.9 Å². The van der Waals surface area contributed by atoms with Crippen LogP contribution in [-0.4, -0.2) is 5.91 Å². The monoisotopic (exact) mass is 314 g/mol. The van der Waals surface area contributed by atoms with Crippen LogP contribution in [0.1, 0.15) is 21.5 Å². The van der Waals surface area contributed by atoms with Crippen molar-refractivity contribution in [3.8, 4) is 0 Å². The number of hydrogen-bond acceptors (Lipinski definition) is 3. The third-order valence-electron chi connectivity index (χ3n) is 2.76. The summed E-state index contributed by atoms with van der Waals surface area (Å²) in [7, 11) is 0. The molecule has 19 heavy (non-hydrogen) atoms. The number of nitrogens with one attached hydrogen (secondary N) is 1. The van der Waals surface area contributed by atoms with E-state index in [-0.39, 0.29) is 5.91 Å². The van der Waals surface area contributed by atoms with E-state index in [0.717, 1.165) is 22.5 Å². The van der Waals surface area contributed by atoms with Gasteiger partial charge >= 0.3 is 0 Å². The maximum Gasteiger partial charge on any atom is 0.258 e. The first kappa shape index (κ1) is 14.2. The van der Waals surface area contributed by atoms with Crippen LogP contribution in [0.15, 0.2) is 18.2 Å². The second-order valence-electron chi connectivity index (χ2n) is 4.22. The molecule has 0 fully saturated rings. The molecule has 0 aliphatic rings. The van der Waals surface area contributed by atoms with Crippen molar-refractivity contribution >= 4 is 51.8 Å². The molecule has 0 saturated carbocycles. The lowest BCUT2D eigenvalue weighted by Crippen LogP contribution is -2.12. The van der Waals surface area contributed by atoms with Crippen LogP contribution in [0.4, 0.5) is 11.4 Å². The van der Waals surface area contributed by atoms with Crippen LogP contribution in [-0.2, 0) is 0 Å². The van der Waals surface area contributed by atoms with Crippen LogP contribution in [0.25, 0.3) is 0 Å². The topological polar surface area (TPSA) is 55.1 Å². The highest BCUT2D eigenvalue weighted by Crippen LogP contribution is 2.32. The number of carbonyl (C=O) groups is 1. The number of thiophene rings is 1. The van der Waals surface area contributed by atoms with Crippen LogP contribution >= 0.6 is 34.5 Å². The molecule has 0 radical (unpaired) electrons. The van der Waals surface area contributed by atoms with E-state index in [4.69, 9.17) is 28.9 Å².